The zero-order chi connectivity index (χ0) is 14.8. The maximum absolute atomic E-state index is 12.2. The fourth-order valence-corrected chi connectivity index (χ4v) is 3.72. The Bertz CT molecular complexity index is 340. The molecule has 0 aromatic rings. The molecule has 1 rings (SSSR count). The highest BCUT2D eigenvalue weighted by molar-refractivity contribution is 7.89. The van der Waals surface area contributed by atoms with Gasteiger partial charge in [-0.3, -0.25) is 0 Å². The summed E-state index contributed by atoms with van der Waals surface area (Å²) in [6, 6.07) is 0. The van der Waals surface area contributed by atoms with Crippen molar-refractivity contribution in [2.75, 3.05) is 45.6 Å². The largest absolute Gasteiger partial charge is 0.381 e. The molecule has 0 saturated carbocycles. The van der Waals surface area contributed by atoms with E-state index in [0.29, 0.717) is 12.5 Å². The van der Waals surface area contributed by atoms with Crippen molar-refractivity contribution in [1.29, 1.82) is 0 Å². The van der Waals surface area contributed by atoms with Gasteiger partial charge < -0.3 is 10.1 Å². The topological polar surface area (TPSA) is 58.6 Å². The average Bonchev–Trinajstić information content (AvgIpc) is 2.43. The summed E-state index contributed by atoms with van der Waals surface area (Å²) in [6.07, 6.45) is 4.72. The summed E-state index contributed by atoms with van der Waals surface area (Å²) in [5.41, 5.74) is 0. The molecule has 0 atom stereocenters. The molecule has 0 amide bonds. The van der Waals surface area contributed by atoms with Crippen LogP contribution in [-0.2, 0) is 14.8 Å². The molecular weight excluding hydrogens is 276 g/mol. The Morgan fingerprint density at radius 1 is 1.20 bits per heavy atom. The number of unbranched alkanes of at least 4 members (excludes halogenated alkanes) is 1. The number of hydrogen-bond donors (Lipinski definition) is 1. The van der Waals surface area contributed by atoms with Crippen molar-refractivity contribution in [2.45, 2.75) is 39.0 Å². The van der Waals surface area contributed by atoms with Crippen molar-refractivity contribution in [3.63, 3.8) is 0 Å². The zero-order valence-corrected chi connectivity index (χ0v) is 13.8. The summed E-state index contributed by atoms with van der Waals surface area (Å²) >= 11 is 0. The van der Waals surface area contributed by atoms with Crippen molar-refractivity contribution >= 4 is 10.0 Å². The predicted octanol–water partition coefficient (Wildman–Crippen LogP) is 1.45. The summed E-state index contributed by atoms with van der Waals surface area (Å²) < 4.78 is 31.2. The normalized spacial score (nSPS) is 17.8. The first-order valence-electron chi connectivity index (χ1n) is 7.78. The highest BCUT2D eigenvalue weighted by Gasteiger charge is 2.22. The summed E-state index contributed by atoms with van der Waals surface area (Å²) in [5, 5.41) is 3.29. The van der Waals surface area contributed by atoms with Gasteiger partial charge in [-0.15, -0.1) is 0 Å². The van der Waals surface area contributed by atoms with Crippen molar-refractivity contribution < 1.29 is 13.2 Å². The molecule has 0 radical (unpaired) electrons. The molecule has 1 heterocycles. The second-order valence-electron chi connectivity index (χ2n) is 5.61. The van der Waals surface area contributed by atoms with E-state index in [2.05, 4.69) is 12.2 Å². The lowest BCUT2D eigenvalue weighted by Crippen LogP contribution is -2.35. The van der Waals surface area contributed by atoms with Gasteiger partial charge in [0.05, 0.1) is 5.75 Å². The van der Waals surface area contributed by atoms with Gasteiger partial charge in [-0.25, -0.2) is 12.7 Å². The van der Waals surface area contributed by atoms with Gasteiger partial charge in [-0.1, -0.05) is 6.92 Å². The van der Waals surface area contributed by atoms with Gasteiger partial charge >= 0.3 is 0 Å². The van der Waals surface area contributed by atoms with E-state index in [-0.39, 0.29) is 5.75 Å². The van der Waals surface area contributed by atoms with Crippen molar-refractivity contribution in [3.05, 3.63) is 0 Å². The molecule has 0 unspecified atom stereocenters. The van der Waals surface area contributed by atoms with E-state index in [0.717, 1.165) is 58.4 Å². The van der Waals surface area contributed by atoms with Crippen LogP contribution in [0.3, 0.4) is 0 Å². The number of hydrogen-bond acceptors (Lipinski definition) is 4. The Hall–Kier alpha value is -0.170. The highest BCUT2D eigenvalue weighted by Crippen LogP contribution is 2.17. The van der Waals surface area contributed by atoms with E-state index in [9.17, 15) is 8.42 Å². The molecule has 6 heteroatoms. The van der Waals surface area contributed by atoms with Crippen LogP contribution in [0.1, 0.15) is 39.0 Å². The first kappa shape index (κ1) is 17.9. The van der Waals surface area contributed by atoms with Gasteiger partial charge in [0.2, 0.25) is 10.0 Å². The minimum Gasteiger partial charge on any atom is -0.381 e. The summed E-state index contributed by atoms with van der Waals surface area (Å²) in [4.78, 5) is 0. The Labute approximate surface area is 124 Å². The van der Waals surface area contributed by atoms with Crippen LogP contribution < -0.4 is 5.32 Å². The van der Waals surface area contributed by atoms with Gasteiger partial charge in [-0.05, 0) is 51.1 Å². The molecule has 0 spiro atoms. The molecule has 0 bridgehead atoms. The van der Waals surface area contributed by atoms with Gasteiger partial charge in [0.25, 0.3) is 0 Å². The van der Waals surface area contributed by atoms with Crippen LogP contribution in [0.4, 0.5) is 0 Å². The second-order valence-corrected chi connectivity index (χ2v) is 7.80. The molecule has 1 fully saturated rings. The predicted molar refractivity (Wildman–Crippen MR) is 82.4 cm³/mol. The fraction of sp³-hybridized carbons (Fsp3) is 1.00. The Morgan fingerprint density at radius 2 is 1.90 bits per heavy atom. The van der Waals surface area contributed by atoms with Crippen molar-refractivity contribution in [3.8, 4) is 0 Å². The highest BCUT2D eigenvalue weighted by atomic mass is 32.2. The molecule has 1 aliphatic heterocycles. The van der Waals surface area contributed by atoms with E-state index in [1.54, 1.807) is 11.4 Å². The number of rotatable bonds is 10. The van der Waals surface area contributed by atoms with Crippen LogP contribution in [0, 0.1) is 5.92 Å². The second kappa shape index (κ2) is 9.71. The summed E-state index contributed by atoms with van der Waals surface area (Å²) in [5.74, 6) is 0.718. The van der Waals surface area contributed by atoms with Crippen LogP contribution in [0.25, 0.3) is 0 Å². The van der Waals surface area contributed by atoms with Crippen LogP contribution in [-0.4, -0.2) is 58.4 Å². The molecular formula is C14H30N2O3S. The van der Waals surface area contributed by atoms with E-state index in [1.807, 2.05) is 0 Å². The lowest BCUT2D eigenvalue weighted by molar-refractivity contribution is 0.0620. The molecule has 0 aromatic heterocycles. The van der Waals surface area contributed by atoms with Gasteiger partial charge in [0.1, 0.15) is 0 Å². The number of nitrogens with zero attached hydrogens (tertiary/aromatic N) is 1. The molecule has 120 valence electrons. The molecule has 1 aliphatic rings. The first-order chi connectivity index (χ1) is 9.56. The summed E-state index contributed by atoms with van der Waals surface area (Å²) in [7, 11) is -1.38. The third-order valence-electron chi connectivity index (χ3n) is 3.76. The lowest BCUT2D eigenvalue weighted by Gasteiger charge is -2.26. The van der Waals surface area contributed by atoms with Crippen LogP contribution in [0.2, 0.25) is 0 Å². The molecule has 0 aliphatic carbocycles. The van der Waals surface area contributed by atoms with Crippen LogP contribution in [0.5, 0.6) is 0 Å². The Kier molecular flexibility index (Phi) is 8.68. The maximum Gasteiger partial charge on any atom is 0.213 e. The minimum absolute atomic E-state index is 0.264. The Morgan fingerprint density at radius 3 is 2.55 bits per heavy atom. The van der Waals surface area contributed by atoms with E-state index >= 15 is 0 Å². The van der Waals surface area contributed by atoms with Gasteiger partial charge in [0, 0.05) is 26.8 Å². The number of sulfonamides is 1. The van der Waals surface area contributed by atoms with Crippen molar-refractivity contribution in [2.24, 2.45) is 5.92 Å². The number of nitrogens with one attached hydrogen (secondary N) is 1. The van der Waals surface area contributed by atoms with E-state index < -0.39 is 10.0 Å². The van der Waals surface area contributed by atoms with Crippen LogP contribution in [0.15, 0.2) is 0 Å². The third kappa shape index (κ3) is 7.02. The van der Waals surface area contributed by atoms with E-state index in [1.165, 1.54) is 0 Å². The van der Waals surface area contributed by atoms with Gasteiger partial charge in [0.15, 0.2) is 0 Å². The smallest absolute Gasteiger partial charge is 0.213 e. The Balaban J connectivity index is 2.20. The molecule has 1 saturated heterocycles. The molecule has 0 aromatic carbocycles. The fourth-order valence-electron chi connectivity index (χ4n) is 2.40. The molecule has 20 heavy (non-hydrogen) atoms. The first-order valence-corrected chi connectivity index (χ1v) is 9.39. The lowest BCUT2D eigenvalue weighted by atomic mass is 10.0. The van der Waals surface area contributed by atoms with E-state index in [4.69, 9.17) is 4.74 Å². The van der Waals surface area contributed by atoms with Crippen LogP contribution >= 0.6 is 0 Å². The monoisotopic (exact) mass is 306 g/mol. The van der Waals surface area contributed by atoms with Gasteiger partial charge in [-0.2, -0.15) is 0 Å². The standard InChI is InChI=1S/C14H30N2O3S/c1-3-8-15-9-4-5-12-20(17,18)16(2)13-14-6-10-19-11-7-14/h14-15H,3-13H2,1-2H3. The minimum atomic E-state index is -3.09. The quantitative estimate of drug-likeness (QED) is 0.621. The maximum atomic E-state index is 12.2. The number of ether oxygens (including phenoxy) is 1. The zero-order valence-electron chi connectivity index (χ0n) is 12.9. The molecule has 1 N–H and O–H groups in total. The average molecular weight is 306 g/mol. The molecule has 5 nitrogen and oxygen atoms in total. The van der Waals surface area contributed by atoms with Crippen molar-refractivity contribution in [1.82, 2.24) is 9.62 Å². The summed E-state index contributed by atoms with van der Waals surface area (Å²) in [6.45, 7) is 6.22. The SMILES string of the molecule is CCCNCCCCS(=O)(=O)N(C)CC1CCOCC1. The third-order valence-corrected chi connectivity index (χ3v) is 5.67.